The van der Waals surface area contributed by atoms with Crippen molar-refractivity contribution in [1.82, 2.24) is 0 Å². The van der Waals surface area contributed by atoms with Gasteiger partial charge in [-0.25, -0.2) is 0 Å². The molecule has 1 aromatic rings. The second-order valence-corrected chi connectivity index (χ2v) is 6.61. The van der Waals surface area contributed by atoms with Crippen LogP contribution in [0.2, 0.25) is 5.02 Å². The van der Waals surface area contributed by atoms with Gasteiger partial charge in [-0.1, -0.05) is 43.7 Å². The van der Waals surface area contributed by atoms with Gasteiger partial charge in [0, 0.05) is 17.5 Å². The number of anilines is 1. The molecular weight excluding hydrogens is 348 g/mol. The summed E-state index contributed by atoms with van der Waals surface area (Å²) in [4.78, 5) is 33.9. The van der Waals surface area contributed by atoms with Gasteiger partial charge >= 0.3 is 5.97 Å². The van der Waals surface area contributed by atoms with E-state index in [9.17, 15) is 19.7 Å². The lowest BCUT2D eigenvalue weighted by molar-refractivity contribution is -0.383. The van der Waals surface area contributed by atoms with Gasteiger partial charge < -0.3 is 10.1 Å². The molecule has 1 saturated carbocycles. The van der Waals surface area contributed by atoms with Crippen LogP contribution in [0, 0.1) is 16.0 Å². The number of hydrogen-bond donors (Lipinski definition) is 1. The van der Waals surface area contributed by atoms with Gasteiger partial charge in [-0.15, -0.1) is 0 Å². The minimum atomic E-state index is -0.641. The van der Waals surface area contributed by atoms with Crippen LogP contribution in [0.1, 0.15) is 44.9 Å². The summed E-state index contributed by atoms with van der Waals surface area (Å²) < 4.78 is 4.94. The number of carbonyl (C=O) groups excluding carboxylic acids is 2. The Morgan fingerprint density at radius 3 is 2.68 bits per heavy atom. The highest BCUT2D eigenvalue weighted by atomic mass is 35.5. The summed E-state index contributed by atoms with van der Waals surface area (Å²) in [5.41, 5.74) is -0.304. The molecule has 1 fully saturated rings. The molecule has 1 N–H and O–H groups in total. The van der Waals surface area contributed by atoms with E-state index in [4.69, 9.17) is 16.3 Å². The Hall–Kier alpha value is -2.15. The largest absolute Gasteiger partial charge is 0.456 e. The van der Waals surface area contributed by atoms with Crippen LogP contribution in [0.3, 0.4) is 0 Å². The fraction of sp³-hybridized carbons (Fsp3) is 0.529. The Balaban J connectivity index is 1.76. The number of ether oxygens (including phenoxy) is 1. The van der Waals surface area contributed by atoms with Gasteiger partial charge in [-0.2, -0.15) is 0 Å². The van der Waals surface area contributed by atoms with Crippen molar-refractivity contribution < 1.29 is 19.2 Å². The van der Waals surface area contributed by atoms with E-state index in [2.05, 4.69) is 5.32 Å². The molecule has 1 amide bonds. The lowest BCUT2D eigenvalue weighted by Gasteiger charge is -2.20. The van der Waals surface area contributed by atoms with Crippen molar-refractivity contribution in [3.8, 4) is 0 Å². The summed E-state index contributed by atoms with van der Waals surface area (Å²) in [5, 5.41) is 13.5. The number of nitrogens with zero attached hydrogens (tertiary/aromatic N) is 1. The van der Waals surface area contributed by atoms with Crippen LogP contribution >= 0.6 is 11.6 Å². The van der Waals surface area contributed by atoms with Crippen LogP contribution in [-0.4, -0.2) is 23.4 Å². The molecular formula is C17H21ClN2O5. The molecule has 0 atom stereocenters. The van der Waals surface area contributed by atoms with Crippen LogP contribution < -0.4 is 5.32 Å². The summed E-state index contributed by atoms with van der Waals surface area (Å²) in [6.45, 7) is -0.469. The van der Waals surface area contributed by atoms with E-state index in [1.165, 1.54) is 31.4 Å². The molecule has 2 rings (SSSR count). The van der Waals surface area contributed by atoms with Crippen molar-refractivity contribution in [2.75, 3.05) is 11.9 Å². The summed E-state index contributed by atoms with van der Waals surface area (Å²) in [7, 11) is 0. The van der Waals surface area contributed by atoms with Crippen molar-refractivity contribution in [2.24, 2.45) is 5.92 Å². The van der Waals surface area contributed by atoms with Crippen LogP contribution in [0.25, 0.3) is 0 Å². The van der Waals surface area contributed by atoms with Crippen molar-refractivity contribution in [3.05, 3.63) is 33.3 Å². The molecule has 0 heterocycles. The molecule has 1 aliphatic carbocycles. The van der Waals surface area contributed by atoms with Gasteiger partial charge in [0.05, 0.1) is 4.92 Å². The smallest absolute Gasteiger partial charge is 0.306 e. The zero-order valence-electron chi connectivity index (χ0n) is 13.8. The van der Waals surface area contributed by atoms with Crippen LogP contribution in [0.15, 0.2) is 18.2 Å². The maximum Gasteiger partial charge on any atom is 0.306 e. The molecule has 0 saturated heterocycles. The molecule has 0 spiro atoms. The number of carbonyl (C=O) groups is 2. The number of halogens is 1. The van der Waals surface area contributed by atoms with Crippen molar-refractivity contribution >= 4 is 34.9 Å². The Kier molecular flexibility index (Phi) is 7.18. The molecule has 0 aromatic heterocycles. The zero-order valence-corrected chi connectivity index (χ0v) is 14.6. The lowest BCUT2D eigenvalue weighted by atomic mass is 9.86. The molecule has 0 unspecified atom stereocenters. The van der Waals surface area contributed by atoms with Crippen LogP contribution in [0.5, 0.6) is 0 Å². The average molecular weight is 369 g/mol. The third kappa shape index (κ3) is 6.34. The monoisotopic (exact) mass is 368 g/mol. The Bertz CT molecular complexity index is 644. The van der Waals surface area contributed by atoms with Gasteiger partial charge in [0.2, 0.25) is 0 Å². The standard InChI is InChI=1S/C17H21ClN2O5/c18-13-7-8-14(15(10-13)20(23)24)19-16(21)11-25-17(22)9-6-12-4-2-1-3-5-12/h7-8,10,12H,1-6,9,11H2,(H,19,21). The predicted molar refractivity (Wildman–Crippen MR) is 93.5 cm³/mol. The first-order valence-electron chi connectivity index (χ1n) is 8.35. The second kappa shape index (κ2) is 9.36. The number of nitro groups is 1. The van der Waals surface area contributed by atoms with E-state index in [0.717, 1.165) is 25.3 Å². The van der Waals surface area contributed by atoms with Gasteiger partial charge in [0.1, 0.15) is 5.69 Å². The van der Waals surface area contributed by atoms with E-state index < -0.39 is 23.4 Å². The number of nitro benzene ring substituents is 1. The normalized spacial score (nSPS) is 14.8. The number of rotatable bonds is 7. The molecule has 25 heavy (non-hydrogen) atoms. The maximum absolute atomic E-state index is 11.8. The molecule has 1 aliphatic rings. The summed E-state index contributed by atoms with van der Waals surface area (Å²) in [6, 6.07) is 3.91. The molecule has 7 nitrogen and oxygen atoms in total. The number of nitrogens with one attached hydrogen (secondary N) is 1. The third-order valence-electron chi connectivity index (χ3n) is 4.28. The van der Waals surface area contributed by atoms with Crippen molar-refractivity contribution in [1.29, 1.82) is 0 Å². The van der Waals surface area contributed by atoms with Crippen molar-refractivity contribution in [3.63, 3.8) is 0 Å². The number of esters is 1. The molecule has 136 valence electrons. The van der Waals surface area contributed by atoms with E-state index in [1.807, 2.05) is 0 Å². The Labute approximate surface area is 150 Å². The van der Waals surface area contributed by atoms with Gasteiger partial charge in [-0.05, 0) is 24.5 Å². The number of benzene rings is 1. The van der Waals surface area contributed by atoms with Crippen LogP contribution in [0.4, 0.5) is 11.4 Å². The average Bonchev–Trinajstić information content (AvgIpc) is 2.60. The van der Waals surface area contributed by atoms with Gasteiger partial charge in [-0.3, -0.25) is 19.7 Å². The molecule has 0 bridgehead atoms. The topological polar surface area (TPSA) is 98.5 Å². The van der Waals surface area contributed by atoms with E-state index >= 15 is 0 Å². The summed E-state index contributed by atoms with van der Waals surface area (Å²) in [5.74, 6) is -0.491. The van der Waals surface area contributed by atoms with Gasteiger partial charge in [0.15, 0.2) is 6.61 Å². The van der Waals surface area contributed by atoms with Crippen LogP contribution in [-0.2, 0) is 14.3 Å². The Morgan fingerprint density at radius 1 is 1.28 bits per heavy atom. The second-order valence-electron chi connectivity index (χ2n) is 6.17. The maximum atomic E-state index is 11.8. The highest BCUT2D eigenvalue weighted by Gasteiger charge is 2.18. The van der Waals surface area contributed by atoms with E-state index in [-0.39, 0.29) is 16.4 Å². The Morgan fingerprint density at radius 2 is 2.00 bits per heavy atom. The minimum absolute atomic E-state index is 0.0117. The number of amides is 1. The SMILES string of the molecule is O=C(COC(=O)CCC1CCCCC1)Nc1ccc(Cl)cc1[N+](=O)[O-]. The quantitative estimate of drug-likeness (QED) is 0.444. The first-order valence-corrected chi connectivity index (χ1v) is 8.73. The predicted octanol–water partition coefficient (Wildman–Crippen LogP) is 4.09. The fourth-order valence-corrected chi connectivity index (χ4v) is 3.13. The van der Waals surface area contributed by atoms with Gasteiger partial charge in [0.25, 0.3) is 11.6 Å². The minimum Gasteiger partial charge on any atom is -0.456 e. The molecule has 8 heteroatoms. The molecule has 1 aromatic carbocycles. The summed E-state index contributed by atoms with van der Waals surface area (Å²) in [6.07, 6.45) is 7.05. The lowest BCUT2D eigenvalue weighted by Crippen LogP contribution is -2.21. The third-order valence-corrected chi connectivity index (χ3v) is 4.51. The first-order chi connectivity index (χ1) is 12.0. The van der Waals surface area contributed by atoms with E-state index in [1.54, 1.807) is 0 Å². The fourth-order valence-electron chi connectivity index (χ4n) is 2.96. The van der Waals surface area contributed by atoms with E-state index in [0.29, 0.717) is 12.3 Å². The number of hydrogen-bond acceptors (Lipinski definition) is 5. The summed E-state index contributed by atoms with van der Waals surface area (Å²) >= 11 is 5.71. The zero-order chi connectivity index (χ0) is 18.2. The molecule has 0 aliphatic heterocycles. The first kappa shape index (κ1) is 19.2. The van der Waals surface area contributed by atoms with Crippen molar-refractivity contribution in [2.45, 2.75) is 44.9 Å². The highest BCUT2D eigenvalue weighted by Crippen LogP contribution is 2.28. The highest BCUT2D eigenvalue weighted by molar-refractivity contribution is 6.31. The molecule has 0 radical (unpaired) electrons.